The molecule has 0 saturated carbocycles. The number of nitrogen functional groups attached to an aromatic ring is 1. The summed E-state index contributed by atoms with van der Waals surface area (Å²) in [6.45, 7) is 0. The molecule has 2 heterocycles. The van der Waals surface area contributed by atoms with E-state index in [-0.39, 0.29) is 0 Å². The second-order valence-electron chi connectivity index (χ2n) is 4.25. The van der Waals surface area contributed by atoms with Crippen LogP contribution in [0.15, 0.2) is 39.8 Å². The van der Waals surface area contributed by atoms with E-state index in [4.69, 9.17) is 5.73 Å². The van der Waals surface area contributed by atoms with Gasteiger partial charge in [-0.25, -0.2) is 9.97 Å². The maximum absolute atomic E-state index is 5.95. The Morgan fingerprint density at radius 2 is 2.10 bits per heavy atom. The lowest BCUT2D eigenvalue weighted by Crippen LogP contribution is -2.01. The number of hydrogen-bond acceptors (Lipinski definition) is 5. The molecular formula is C13H12BrN5S. The number of anilines is 1. The first-order chi connectivity index (χ1) is 9.65. The smallest absolute Gasteiger partial charge is 0.163 e. The molecule has 0 unspecified atom stereocenters. The largest absolute Gasteiger partial charge is 0.383 e. The second-order valence-corrected chi connectivity index (χ2v) is 6.12. The van der Waals surface area contributed by atoms with Gasteiger partial charge in [0.25, 0.3) is 0 Å². The van der Waals surface area contributed by atoms with Gasteiger partial charge in [0, 0.05) is 16.4 Å². The molecule has 0 saturated heterocycles. The molecule has 2 N–H and O–H groups in total. The van der Waals surface area contributed by atoms with E-state index in [0.29, 0.717) is 17.4 Å². The van der Waals surface area contributed by atoms with Crippen LogP contribution in [0.25, 0.3) is 11.0 Å². The fraction of sp³-hybridized carbons (Fsp3) is 0.154. The van der Waals surface area contributed by atoms with Crippen LogP contribution in [0, 0.1) is 0 Å². The number of aromatic nitrogens is 4. The molecule has 0 bridgehead atoms. The average Bonchev–Trinajstić information content (AvgIpc) is 2.80. The van der Waals surface area contributed by atoms with Crippen LogP contribution in [0.2, 0.25) is 0 Å². The lowest BCUT2D eigenvalue weighted by molar-refractivity contribution is 0.782. The topological polar surface area (TPSA) is 69.6 Å². The zero-order valence-electron chi connectivity index (χ0n) is 10.7. The highest BCUT2D eigenvalue weighted by molar-refractivity contribution is 9.10. The Hall–Kier alpha value is -1.60. The predicted molar refractivity (Wildman–Crippen MR) is 84.4 cm³/mol. The third kappa shape index (κ3) is 2.51. The van der Waals surface area contributed by atoms with Crippen molar-refractivity contribution in [3.8, 4) is 0 Å². The van der Waals surface area contributed by atoms with Crippen LogP contribution in [0.5, 0.6) is 0 Å². The van der Waals surface area contributed by atoms with Crippen LogP contribution in [0.1, 0.15) is 5.82 Å². The van der Waals surface area contributed by atoms with Crippen molar-refractivity contribution in [1.82, 2.24) is 19.7 Å². The fourth-order valence-corrected chi connectivity index (χ4v) is 3.28. The van der Waals surface area contributed by atoms with Crippen LogP contribution in [-0.4, -0.2) is 19.7 Å². The van der Waals surface area contributed by atoms with Gasteiger partial charge >= 0.3 is 0 Å². The first-order valence-electron chi connectivity index (χ1n) is 5.96. The molecule has 3 aromatic rings. The van der Waals surface area contributed by atoms with E-state index >= 15 is 0 Å². The Labute approximate surface area is 128 Å². The summed E-state index contributed by atoms with van der Waals surface area (Å²) in [6.07, 6.45) is 1.69. The van der Waals surface area contributed by atoms with Crippen LogP contribution in [0.3, 0.4) is 0 Å². The van der Waals surface area contributed by atoms with Crippen molar-refractivity contribution in [2.45, 2.75) is 10.6 Å². The van der Waals surface area contributed by atoms with Crippen molar-refractivity contribution in [3.63, 3.8) is 0 Å². The summed E-state index contributed by atoms with van der Waals surface area (Å²) in [7, 11) is 1.85. The van der Waals surface area contributed by atoms with Gasteiger partial charge in [-0.1, -0.05) is 12.1 Å². The normalized spacial score (nSPS) is 11.1. The first-order valence-corrected chi connectivity index (χ1v) is 7.74. The van der Waals surface area contributed by atoms with Gasteiger partial charge in [0.1, 0.15) is 11.6 Å². The summed E-state index contributed by atoms with van der Waals surface area (Å²) in [5.41, 5.74) is 6.71. The second kappa shape index (κ2) is 5.41. The van der Waals surface area contributed by atoms with Crippen molar-refractivity contribution in [2.75, 3.05) is 5.73 Å². The van der Waals surface area contributed by atoms with Gasteiger partial charge in [-0.3, -0.25) is 4.68 Å². The van der Waals surface area contributed by atoms with Crippen molar-refractivity contribution in [3.05, 3.63) is 40.8 Å². The first kappa shape index (κ1) is 13.4. The van der Waals surface area contributed by atoms with E-state index in [9.17, 15) is 0 Å². The number of hydrogen-bond donors (Lipinski definition) is 1. The molecule has 102 valence electrons. The Morgan fingerprint density at radius 1 is 1.30 bits per heavy atom. The Balaban J connectivity index is 1.88. The third-order valence-corrected chi connectivity index (χ3v) is 4.88. The van der Waals surface area contributed by atoms with Crippen LogP contribution in [0.4, 0.5) is 5.82 Å². The molecule has 0 aliphatic heterocycles. The van der Waals surface area contributed by atoms with E-state index in [1.165, 1.54) is 0 Å². The van der Waals surface area contributed by atoms with E-state index in [1.54, 1.807) is 22.6 Å². The van der Waals surface area contributed by atoms with E-state index in [1.807, 2.05) is 25.2 Å². The Morgan fingerprint density at radius 3 is 2.90 bits per heavy atom. The summed E-state index contributed by atoms with van der Waals surface area (Å²) in [4.78, 5) is 10.0. The van der Waals surface area contributed by atoms with Crippen LogP contribution in [-0.2, 0) is 12.8 Å². The quantitative estimate of drug-likeness (QED) is 0.736. The van der Waals surface area contributed by atoms with Crippen molar-refractivity contribution < 1.29 is 0 Å². The number of nitrogens with zero attached hydrogens (tertiary/aromatic N) is 4. The number of thioether (sulfide) groups is 1. The molecule has 0 atom stereocenters. The number of benzene rings is 1. The maximum Gasteiger partial charge on any atom is 0.163 e. The van der Waals surface area contributed by atoms with Gasteiger partial charge in [0.05, 0.1) is 17.3 Å². The molecule has 0 fully saturated rings. The summed E-state index contributed by atoms with van der Waals surface area (Å²) < 4.78 is 2.78. The maximum atomic E-state index is 5.95. The van der Waals surface area contributed by atoms with Gasteiger partial charge in [0.2, 0.25) is 0 Å². The van der Waals surface area contributed by atoms with Crippen molar-refractivity contribution >= 4 is 44.5 Å². The fourth-order valence-electron chi connectivity index (χ4n) is 1.86. The Kier molecular flexibility index (Phi) is 3.62. The summed E-state index contributed by atoms with van der Waals surface area (Å²) in [5.74, 6) is 1.85. The molecule has 0 amide bonds. The standard InChI is InChI=1S/C13H12BrN5S/c1-19-13-8(6-16-19)12(15)17-11(18-13)7-20-10-5-3-2-4-9(10)14/h2-6H,7H2,1H3,(H2,15,17,18). The number of aryl methyl sites for hydroxylation is 1. The predicted octanol–water partition coefficient (Wildman–Crippen LogP) is 3.00. The van der Waals surface area contributed by atoms with Crippen molar-refractivity contribution in [1.29, 1.82) is 0 Å². The van der Waals surface area contributed by atoms with Crippen molar-refractivity contribution in [2.24, 2.45) is 7.05 Å². The van der Waals surface area contributed by atoms with E-state index in [0.717, 1.165) is 20.4 Å². The average molecular weight is 350 g/mol. The van der Waals surface area contributed by atoms with Gasteiger partial charge in [-0.05, 0) is 28.1 Å². The highest BCUT2D eigenvalue weighted by Crippen LogP contribution is 2.29. The number of nitrogens with two attached hydrogens (primary N) is 1. The molecule has 0 radical (unpaired) electrons. The van der Waals surface area contributed by atoms with Gasteiger partial charge < -0.3 is 5.73 Å². The molecular weight excluding hydrogens is 338 g/mol. The zero-order chi connectivity index (χ0) is 14.1. The number of fused-ring (bicyclic) bond motifs is 1. The van der Waals surface area contributed by atoms with E-state index in [2.05, 4.69) is 37.1 Å². The molecule has 3 rings (SSSR count). The molecule has 2 aromatic heterocycles. The van der Waals surface area contributed by atoms with Crippen LogP contribution < -0.4 is 5.73 Å². The summed E-state index contributed by atoms with van der Waals surface area (Å²) in [6, 6.07) is 8.07. The third-order valence-electron chi connectivity index (χ3n) is 2.86. The molecule has 7 heteroatoms. The molecule has 0 aliphatic rings. The SMILES string of the molecule is Cn1ncc2c(N)nc(CSc3ccccc3Br)nc21. The lowest BCUT2D eigenvalue weighted by atomic mass is 10.4. The van der Waals surface area contributed by atoms with E-state index < -0.39 is 0 Å². The minimum atomic E-state index is 0.478. The molecule has 5 nitrogen and oxygen atoms in total. The zero-order valence-corrected chi connectivity index (χ0v) is 13.1. The van der Waals surface area contributed by atoms with Gasteiger partial charge in [-0.15, -0.1) is 11.8 Å². The van der Waals surface area contributed by atoms with Gasteiger partial charge in [0.15, 0.2) is 5.65 Å². The van der Waals surface area contributed by atoms with Gasteiger partial charge in [-0.2, -0.15) is 5.10 Å². The minimum absolute atomic E-state index is 0.478. The highest BCUT2D eigenvalue weighted by Gasteiger charge is 2.10. The summed E-state index contributed by atoms with van der Waals surface area (Å²) in [5, 5.41) is 4.94. The highest BCUT2D eigenvalue weighted by atomic mass is 79.9. The molecule has 20 heavy (non-hydrogen) atoms. The molecule has 1 aromatic carbocycles. The number of halogens is 1. The molecule has 0 spiro atoms. The monoisotopic (exact) mass is 349 g/mol. The summed E-state index contributed by atoms with van der Waals surface area (Å²) >= 11 is 5.20. The number of rotatable bonds is 3. The molecule has 0 aliphatic carbocycles. The lowest BCUT2D eigenvalue weighted by Gasteiger charge is -2.05. The minimum Gasteiger partial charge on any atom is -0.383 e. The Bertz CT molecular complexity index is 771. The van der Waals surface area contributed by atoms with Crippen LogP contribution >= 0.6 is 27.7 Å².